The van der Waals surface area contributed by atoms with E-state index in [4.69, 9.17) is 32.4 Å². The van der Waals surface area contributed by atoms with Gasteiger partial charge in [0.2, 0.25) is 11.8 Å². The third kappa shape index (κ3) is 8.92. The lowest BCUT2D eigenvalue weighted by atomic mass is 9.75. The Bertz CT molecular complexity index is 878. The van der Waals surface area contributed by atoms with E-state index in [1.54, 1.807) is 0 Å². The number of nitrogens with one attached hydrogen (secondary N) is 2. The quantitative estimate of drug-likeness (QED) is 0.0709. The number of nitrogens with zero attached hydrogens (tertiary/aromatic N) is 2. The van der Waals surface area contributed by atoms with E-state index in [1.165, 1.54) is 6.42 Å². The molecule has 1 aliphatic heterocycles. The van der Waals surface area contributed by atoms with Crippen molar-refractivity contribution in [2.75, 3.05) is 13.1 Å². The lowest BCUT2D eigenvalue weighted by Crippen LogP contribution is -3.00. The molecule has 0 spiro atoms. The van der Waals surface area contributed by atoms with Crippen LogP contribution in [0.25, 0.3) is 0 Å². The molecular formula is C23H38Cl2N8O6-2. The summed E-state index contributed by atoms with van der Waals surface area (Å²) in [4.78, 5) is 56.9. The molecule has 39 heavy (non-hydrogen) atoms. The van der Waals surface area contributed by atoms with Gasteiger partial charge in [0.05, 0.1) is 37.1 Å². The Labute approximate surface area is 239 Å². The Morgan fingerprint density at radius 3 is 1.59 bits per heavy atom. The van der Waals surface area contributed by atoms with Gasteiger partial charge < -0.3 is 67.9 Å². The average molecular weight is 594 g/mol. The normalized spacial score (nSPS) is 27.8. The number of aliphatic imine (C=N–C) groups is 2. The molecule has 3 rings (SSSR count). The summed E-state index contributed by atoms with van der Waals surface area (Å²) in [5.41, 5.74) is 20.8. The lowest BCUT2D eigenvalue weighted by Gasteiger charge is -2.34. The summed E-state index contributed by atoms with van der Waals surface area (Å²) in [7, 11) is 0. The Kier molecular flexibility index (Phi) is 13.9. The third-order valence-electron chi connectivity index (χ3n) is 7.12. The van der Waals surface area contributed by atoms with Crippen LogP contribution in [0.4, 0.5) is 0 Å². The van der Waals surface area contributed by atoms with E-state index >= 15 is 0 Å². The predicted octanol–water partition coefficient (Wildman–Crippen LogP) is -7.82. The van der Waals surface area contributed by atoms with Crippen LogP contribution in [0.1, 0.15) is 51.9 Å². The monoisotopic (exact) mass is 592 g/mol. The number of nitrogens with two attached hydrogens (primary N) is 4. The van der Waals surface area contributed by atoms with Crippen molar-refractivity contribution in [3.05, 3.63) is 0 Å². The van der Waals surface area contributed by atoms with Gasteiger partial charge in [0.1, 0.15) is 0 Å². The van der Waals surface area contributed by atoms with Crippen molar-refractivity contribution in [1.29, 1.82) is 0 Å². The van der Waals surface area contributed by atoms with E-state index in [1.807, 2.05) is 0 Å². The summed E-state index contributed by atoms with van der Waals surface area (Å²) in [6, 6.07) is 0. The number of carbonyl (C=O) groups is 4. The first-order valence-corrected chi connectivity index (χ1v) is 12.7. The van der Waals surface area contributed by atoms with E-state index in [2.05, 4.69) is 27.5 Å². The van der Waals surface area contributed by atoms with Crippen LogP contribution in [0, 0.1) is 23.7 Å². The standard InChI is InChI=1S/C23H38N8O6.2ClH/c1-2-3-4-5-6-7-15-36-18-11-8-12(19(18)37-15)17(21(35)29-10-14(33)31-23(26)27)16(11)20(34)28-9-13(32)30-22(24)25;;/h11-12,15-19H,2-10H2,1H3,(H,28,34)(H,29,35)(H4,24,25,30,32)(H4,26,27,31,33);2*1H/p-2. The second-order valence-corrected chi connectivity index (χ2v) is 9.75. The molecule has 6 atom stereocenters. The number of halogens is 2. The Morgan fingerprint density at radius 1 is 0.744 bits per heavy atom. The lowest BCUT2D eigenvalue weighted by molar-refractivity contribution is -0.141. The second kappa shape index (κ2) is 15.8. The first-order valence-electron chi connectivity index (χ1n) is 12.7. The maximum Gasteiger partial charge on any atom is 0.268 e. The zero-order chi connectivity index (χ0) is 27.1. The number of hydrogen-bond acceptors (Lipinski definition) is 6. The first-order chi connectivity index (χ1) is 17.6. The summed E-state index contributed by atoms with van der Waals surface area (Å²) >= 11 is 0. The van der Waals surface area contributed by atoms with Crippen LogP contribution in [-0.4, -0.2) is 67.1 Å². The zero-order valence-electron chi connectivity index (χ0n) is 21.8. The minimum Gasteiger partial charge on any atom is -1.00 e. The number of hydrogen-bond donors (Lipinski definition) is 6. The number of carbonyl (C=O) groups excluding carboxylic acids is 4. The topological polar surface area (TPSA) is 240 Å². The molecule has 0 aromatic rings. The number of ether oxygens (including phenoxy) is 2. The van der Waals surface area contributed by atoms with Gasteiger partial charge in [0, 0.05) is 11.8 Å². The van der Waals surface area contributed by atoms with Crippen molar-refractivity contribution < 1.29 is 53.5 Å². The van der Waals surface area contributed by atoms with Gasteiger partial charge >= 0.3 is 0 Å². The van der Waals surface area contributed by atoms with Gasteiger partial charge in [-0.05, 0) is 19.3 Å². The Balaban J connectivity index is 0.00000380. The summed E-state index contributed by atoms with van der Waals surface area (Å²) in [6.07, 6.45) is 5.78. The van der Waals surface area contributed by atoms with Gasteiger partial charge in [-0.2, -0.15) is 9.98 Å². The molecule has 3 aliphatic rings. The second-order valence-electron chi connectivity index (χ2n) is 9.75. The van der Waals surface area contributed by atoms with Crippen LogP contribution in [0.3, 0.4) is 0 Å². The molecule has 1 saturated heterocycles. The van der Waals surface area contributed by atoms with Gasteiger partial charge in [-0.15, -0.1) is 0 Å². The summed E-state index contributed by atoms with van der Waals surface area (Å²) in [5.74, 6) is -5.41. The van der Waals surface area contributed by atoms with E-state index in [0.29, 0.717) is 6.42 Å². The third-order valence-corrected chi connectivity index (χ3v) is 7.12. The van der Waals surface area contributed by atoms with Crippen molar-refractivity contribution in [1.82, 2.24) is 10.6 Å². The van der Waals surface area contributed by atoms with Crippen molar-refractivity contribution in [3.8, 4) is 0 Å². The molecule has 4 amide bonds. The SMILES string of the molecule is CCCCCCCC1OC2C3CC(C2O1)C(C(=O)NCC(=O)N=C(N)N)C3C(=O)NCC(=O)N=C(N)N.[Cl-].[Cl-]. The van der Waals surface area contributed by atoms with Gasteiger partial charge in [-0.3, -0.25) is 19.2 Å². The van der Waals surface area contributed by atoms with Gasteiger partial charge in [-0.25, -0.2) is 0 Å². The summed E-state index contributed by atoms with van der Waals surface area (Å²) in [6.45, 7) is 1.31. The highest BCUT2D eigenvalue weighted by atomic mass is 35.5. The van der Waals surface area contributed by atoms with Gasteiger partial charge in [0.15, 0.2) is 18.2 Å². The molecule has 16 heteroatoms. The van der Waals surface area contributed by atoms with E-state index in [0.717, 1.165) is 32.1 Å². The summed E-state index contributed by atoms with van der Waals surface area (Å²) in [5, 5.41) is 5.06. The number of unbranched alkanes of at least 4 members (excludes halogenated alkanes) is 4. The predicted molar refractivity (Wildman–Crippen MR) is 133 cm³/mol. The number of fused-ring (bicyclic) bond motifs is 5. The molecule has 0 radical (unpaired) electrons. The van der Waals surface area contributed by atoms with Gasteiger partial charge in [-0.1, -0.05) is 32.6 Å². The number of amides is 4. The Hall–Kier alpha value is -2.68. The molecule has 6 unspecified atom stereocenters. The maximum atomic E-state index is 13.2. The van der Waals surface area contributed by atoms with Crippen LogP contribution in [0.5, 0.6) is 0 Å². The molecule has 2 saturated carbocycles. The molecule has 2 bridgehead atoms. The molecule has 2 aliphatic carbocycles. The van der Waals surface area contributed by atoms with Crippen molar-refractivity contribution >= 4 is 35.5 Å². The highest BCUT2D eigenvalue weighted by Crippen LogP contribution is 2.57. The maximum absolute atomic E-state index is 13.2. The minimum atomic E-state index is -0.789. The van der Waals surface area contributed by atoms with Crippen molar-refractivity contribution in [3.63, 3.8) is 0 Å². The minimum absolute atomic E-state index is 0. The molecule has 10 N–H and O–H groups in total. The zero-order valence-corrected chi connectivity index (χ0v) is 23.3. The number of rotatable bonds is 12. The fourth-order valence-electron chi connectivity index (χ4n) is 5.74. The average Bonchev–Trinajstić information content (AvgIpc) is 3.50. The highest BCUT2D eigenvalue weighted by Gasteiger charge is 2.66. The Morgan fingerprint density at radius 2 is 1.18 bits per heavy atom. The molecular weight excluding hydrogens is 555 g/mol. The first kappa shape index (κ1) is 34.3. The highest BCUT2D eigenvalue weighted by molar-refractivity contribution is 5.97. The van der Waals surface area contributed by atoms with Crippen LogP contribution in [0.15, 0.2) is 9.98 Å². The number of guanidine groups is 2. The van der Waals surface area contributed by atoms with Crippen LogP contribution < -0.4 is 58.4 Å². The smallest absolute Gasteiger partial charge is 0.268 e. The largest absolute Gasteiger partial charge is 1.00 e. The van der Waals surface area contributed by atoms with E-state index < -0.39 is 60.5 Å². The fourth-order valence-corrected chi connectivity index (χ4v) is 5.74. The fraction of sp³-hybridized carbons (Fsp3) is 0.739. The van der Waals surface area contributed by atoms with Crippen LogP contribution in [0.2, 0.25) is 0 Å². The summed E-state index contributed by atoms with van der Waals surface area (Å²) < 4.78 is 12.4. The molecule has 0 aromatic carbocycles. The molecule has 222 valence electrons. The van der Waals surface area contributed by atoms with Crippen LogP contribution >= 0.6 is 0 Å². The molecule has 1 heterocycles. The molecule has 3 fully saturated rings. The van der Waals surface area contributed by atoms with E-state index in [-0.39, 0.29) is 55.1 Å². The van der Waals surface area contributed by atoms with Crippen molar-refractivity contribution in [2.24, 2.45) is 56.6 Å². The van der Waals surface area contributed by atoms with Crippen LogP contribution in [-0.2, 0) is 28.7 Å². The van der Waals surface area contributed by atoms with E-state index in [9.17, 15) is 19.2 Å². The molecule has 14 nitrogen and oxygen atoms in total. The van der Waals surface area contributed by atoms with Crippen molar-refractivity contribution in [2.45, 2.75) is 70.4 Å². The van der Waals surface area contributed by atoms with Gasteiger partial charge in [0.25, 0.3) is 11.8 Å². The molecule has 0 aromatic heterocycles.